The van der Waals surface area contributed by atoms with Crippen LogP contribution < -0.4 is 0 Å². The minimum atomic E-state index is -0.922. The second-order valence-corrected chi connectivity index (χ2v) is 4.33. The maximum atomic E-state index is 12.0. The molecular weight excluding hydrogens is 216 g/mol. The van der Waals surface area contributed by atoms with Crippen molar-refractivity contribution in [1.82, 2.24) is 0 Å². The van der Waals surface area contributed by atoms with Crippen LogP contribution in [-0.2, 0) is 14.3 Å². The highest BCUT2D eigenvalue weighted by Crippen LogP contribution is 2.39. The molecule has 1 aliphatic carbocycles. The Morgan fingerprint density at radius 1 is 1.53 bits per heavy atom. The molecule has 0 heterocycles. The number of allylic oxidation sites excluding steroid dienone is 2. The van der Waals surface area contributed by atoms with Gasteiger partial charge in [0.25, 0.3) is 0 Å². The Hall–Kier alpha value is -1.38. The second kappa shape index (κ2) is 6.38. The van der Waals surface area contributed by atoms with Crippen molar-refractivity contribution < 1.29 is 14.3 Å². The van der Waals surface area contributed by atoms with Gasteiger partial charge in [0.2, 0.25) is 0 Å². The number of carbonyl (C=O) groups is 2. The average molecular weight is 236 g/mol. The molecule has 1 fully saturated rings. The van der Waals surface area contributed by atoms with Crippen LogP contribution in [0.15, 0.2) is 24.8 Å². The van der Waals surface area contributed by atoms with Gasteiger partial charge < -0.3 is 4.74 Å². The lowest BCUT2D eigenvalue weighted by atomic mass is 9.81. The van der Waals surface area contributed by atoms with Crippen molar-refractivity contribution in [3.63, 3.8) is 0 Å². The van der Waals surface area contributed by atoms with E-state index in [9.17, 15) is 9.59 Å². The number of hydrogen-bond acceptors (Lipinski definition) is 3. The first-order valence-corrected chi connectivity index (χ1v) is 6.14. The van der Waals surface area contributed by atoms with Crippen LogP contribution in [0.1, 0.15) is 39.0 Å². The Bertz CT molecular complexity index is 330. The molecule has 94 valence electrons. The summed E-state index contributed by atoms with van der Waals surface area (Å²) in [5.74, 6) is -0.368. The fourth-order valence-electron chi connectivity index (χ4n) is 2.17. The van der Waals surface area contributed by atoms with Crippen molar-refractivity contribution in [1.29, 1.82) is 0 Å². The number of carbonyl (C=O) groups excluding carboxylic acids is 2. The largest absolute Gasteiger partial charge is 0.461 e. The maximum absolute atomic E-state index is 12.0. The third kappa shape index (κ3) is 3.05. The molecule has 3 nitrogen and oxygen atoms in total. The quantitative estimate of drug-likeness (QED) is 0.404. The number of ether oxygens (including phenoxy) is 1. The van der Waals surface area contributed by atoms with Gasteiger partial charge in [-0.2, -0.15) is 0 Å². The molecule has 0 aromatic carbocycles. The lowest BCUT2D eigenvalue weighted by molar-refractivity contribution is -0.157. The van der Waals surface area contributed by atoms with Crippen molar-refractivity contribution in [2.24, 2.45) is 5.41 Å². The van der Waals surface area contributed by atoms with Crippen molar-refractivity contribution >= 4 is 11.8 Å². The molecule has 0 aromatic rings. The molecule has 0 aromatic heterocycles. The standard InChI is InChI=1S/C14H20O3/c1-3-5-6-9-14(10-7-8-12(14)15)13(16)17-11-4-2/h4-6H,2-3,7-11H2,1H3. The molecule has 0 amide bonds. The van der Waals surface area contributed by atoms with Gasteiger partial charge in [-0.1, -0.05) is 31.7 Å². The smallest absolute Gasteiger partial charge is 0.320 e. The third-order valence-corrected chi connectivity index (χ3v) is 3.13. The lowest BCUT2D eigenvalue weighted by Crippen LogP contribution is -2.36. The fourth-order valence-corrected chi connectivity index (χ4v) is 2.17. The predicted molar refractivity (Wildman–Crippen MR) is 66.5 cm³/mol. The molecule has 1 aliphatic rings. The van der Waals surface area contributed by atoms with E-state index in [0.717, 1.165) is 12.8 Å². The number of esters is 1. The van der Waals surface area contributed by atoms with E-state index in [0.29, 0.717) is 19.3 Å². The summed E-state index contributed by atoms with van der Waals surface area (Å²) in [5, 5.41) is 0. The molecule has 0 spiro atoms. The van der Waals surface area contributed by atoms with Crippen LogP contribution in [0.3, 0.4) is 0 Å². The Morgan fingerprint density at radius 2 is 2.29 bits per heavy atom. The normalized spacial score (nSPS) is 24.2. The SMILES string of the molecule is C=CCOC(=O)C1(CC=CCC)CCCC1=O. The van der Waals surface area contributed by atoms with Crippen molar-refractivity contribution in [2.45, 2.75) is 39.0 Å². The minimum Gasteiger partial charge on any atom is -0.461 e. The third-order valence-electron chi connectivity index (χ3n) is 3.13. The molecule has 0 saturated heterocycles. The zero-order chi connectivity index (χ0) is 12.7. The maximum Gasteiger partial charge on any atom is 0.320 e. The Morgan fingerprint density at radius 3 is 2.82 bits per heavy atom. The summed E-state index contributed by atoms with van der Waals surface area (Å²) in [6.45, 7) is 5.70. The minimum absolute atomic E-state index is 0.0207. The molecule has 0 radical (unpaired) electrons. The van der Waals surface area contributed by atoms with Gasteiger partial charge in [-0.15, -0.1) is 0 Å². The van der Waals surface area contributed by atoms with E-state index in [-0.39, 0.29) is 18.4 Å². The van der Waals surface area contributed by atoms with Crippen LogP contribution >= 0.6 is 0 Å². The van der Waals surface area contributed by atoms with Gasteiger partial charge in [0.05, 0.1) is 0 Å². The number of ketones is 1. The van der Waals surface area contributed by atoms with Crippen LogP contribution in [-0.4, -0.2) is 18.4 Å². The van der Waals surface area contributed by atoms with Gasteiger partial charge in [-0.05, 0) is 25.7 Å². The first-order chi connectivity index (χ1) is 8.17. The van der Waals surface area contributed by atoms with E-state index in [2.05, 4.69) is 6.58 Å². The lowest BCUT2D eigenvalue weighted by Gasteiger charge is -2.23. The second-order valence-electron chi connectivity index (χ2n) is 4.33. The summed E-state index contributed by atoms with van der Waals surface area (Å²) in [7, 11) is 0. The van der Waals surface area contributed by atoms with Gasteiger partial charge in [0, 0.05) is 6.42 Å². The molecule has 0 N–H and O–H groups in total. The molecule has 1 unspecified atom stereocenters. The van der Waals surface area contributed by atoms with E-state index in [1.165, 1.54) is 6.08 Å². The molecule has 3 heteroatoms. The molecule has 1 saturated carbocycles. The topological polar surface area (TPSA) is 43.4 Å². The first-order valence-electron chi connectivity index (χ1n) is 6.14. The van der Waals surface area contributed by atoms with Crippen molar-refractivity contribution in [3.8, 4) is 0 Å². The van der Waals surface area contributed by atoms with Crippen LogP contribution in [0.25, 0.3) is 0 Å². The Labute approximate surface area is 103 Å². The molecular formula is C14H20O3. The number of Topliss-reactive ketones (excluding diaryl/α,β-unsaturated/α-hetero) is 1. The first kappa shape index (κ1) is 13.7. The van der Waals surface area contributed by atoms with Gasteiger partial charge in [-0.3, -0.25) is 9.59 Å². The summed E-state index contributed by atoms with van der Waals surface area (Å²) in [6.07, 6.45) is 8.67. The highest BCUT2D eigenvalue weighted by atomic mass is 16.5. The van der Waals surface area contributed by atoms with Gasteiger partial charge >= 0.3 is 5.97 Å². The van der Waals surface area contributed by atoms with Crippen LogP contribution in [0.5, 0.6) is 0 Å². The summed E-state index contributed by atoms with van der Waals surface area (Å²) < 4.78 is 5.07. The molecule has 0 aliphatic heterocycles. The number of rotatable bonds is 6. The fraction of sp³-hybridized carbons (Fsp3) is 0.571. The summed E-state index contributed by atoms with van der Waals surface area (Å²) in [6, 6.07) is 0. The van der Waals surface area contributed by atoms with Gasteiger partial charge in [0.1, 0.15) is 12.0 Å². The number of hydrogen-bond donors (Lipinski definition) is 0. The monoisotopic (exact) mass is 236 g/mol. The van der Waals surface area contributed by atoms with E-state index in [4.69, 9.17) is 4.74 Å². The highest BCUT2D eigenvalue weighted by Gasteiger charge is 2.48. The zero-order valence-electron chi connectivity index (χ0n) is 10.4. The summed E-state index contributed by atoms with van der Waals surface area (Å²) in [4.78, 5) is 23.9. The summed E-state index contributed by atoms with van der Waals surface area (Å²) in [5.41, 5.74) is -0.922. The zero-order valence-corrected chi connectivity index (χ0v) is 10.4. The van der Waals surface area contributed by atoms with E-state index in [1.807, 2.05) is 19.1 Å². The molecule has 0 bridgehead atoms. The van der Waals surface area contributed by atoms with Gasteiger partial charge in [0.15, 0.2) is 5.78 Å². The van der Waals surface area contributed by atoms with E-state index in [1.54, 1.807) is 0 Å². The van der Waals surface area contributed by atoms with Gasteiger partial charge in [-0.25, -0.2) is 0 Å². The molecule has 17 heavy (non-hydrogen) atoms. The average Bonchev–Trinajstić information content (AvgIpc) is 2.69. The highest BCUT2D eigenvalue weighted by molar-refractivity contribution is 6.05. The predicted octanol–water partition coefficient (Wildman–Crippen LogP) is 2.81. The van der Waals surface area contributed by atoms with E-state index >= 15 is 0 Å². The van der Waals surface area contributed by atoms with Crippen LogP contribution in [0.4, 0.5) is 0 Å². The Kier molecular flexibility index (Phi) is 5.13. The van der Waals surface area contributed by atoms with Crippen LogP contribution in [0, 0.1) is 5.41 Å². The van der Waals surface area contributed by atoms with Crippen molar-refractivity contribution in [2.75, 3.05) is 6.61 Å². The van der Waals surface area contributed by atoms with Crippen LogP contribution in [0.2, 0.25) is 0 Å². The van der Waals surface area contributed by atoms with Crippen molar-refractivity contribution in [3.05, 3.63) is 24.8 Å². The Balaban J connectivity index is 2.78. The molecule has 1 rings (SSSR count). The molecule has 1 atom stereocenters. The van der Waals surface area contributed by atoms with E-state index < -0.39 is 5.41 Å². The summed E-state index contributed by atoms with van der Waals surface area (Å²) >= 11 is 0.